The van der Waals surface area contributed by atoms with Crippen LogP contribution in [0.25, 0.3) is 16.9 Å². The smallest absolute Gasteiger partial charge is 0.170 e. The molecule has 7 heteroatoms. The summed E-state index contributed by atoms with van der Waals surface area (Å²) in [5.41, 5.74) is 2.26. The molecular weight excluding hydrogens is 345 g/mol. The molecule has 0 spiro atoms. The Hall–Kier alpha value is -2.37. The van der Waals surface area contributed by atoms with E-state index in [1.54, 1.807) is 28.9 Å². The Morgan fingerprint density at radius 1 is 1.25 bits per heavy atom. The number of fused-ring (bicyclic) bond motifs is 1. The highest BCUT2D eigenvalue weighted by Gasteiger charge is 2.12. The normalized spacial score (nSPS) is 11.3. The van der Waals surface area contributed by atoms with Crippen molar-refractivity contribution in [2.45, 2.75) is 13.5 Å². The van der Waals surface area contributed by atoms with Crippen molar-refractivity contribution in [1.82, 2.24) is 24.9 Å². The van der Waals surface area contributed by atoms with Gasteiger partial charge in [0.15, 0.2) is 11.5 Å². The minimum absolute atomic E-state index is 0.516. The van der Waals surface area contributed by atoms with Gasteiger partial charge < -0.3 is 5.32 Å². The molecule has 0 unspecified atom stereocenters. The van der Waals surface area contributed by atoms with Gasteiger partial charge in [0.2, 0.25) is 0 Å². The molecule has 3 aromatic rings. The molecule has 0 aliphatic heterocycles. The quantitative estimate of drug-likeness (QED) is 0.693. The van der Waals surface area contributed by atoms with E-state index < -0.39 is 0 Å². The van der Waals surface area contributed by atoms with Gasteiger partial charge >= 0.3 is 0 Å². The fraction of sp³-hybridized carbons (Fsp3) is 0.118. The molecule has 24 heavy (non-hydrogen) atoms. The second-order valence-electron chi connectivity index (χ2n) is 5.09. The topological polar surface area (TPSA) is 55.1 Å². The SMILES string of the molecule is C=C/C=C\NCc1nc2cc(-c3ccc(Cl)cc3Cl)nc(C)n2n1. The van der Waals surface area contributed by atoms with E-state index in [1.165, 1.54) is 0 Å². The Bertz CT molecular complexity index is 930. The summed E-state index contributed by atoms with van der Waals surface area (Å²) >= 11 is 12.2. The number of rotatable bonds is 5. The molecule has 0 aliphatic rings. The van der Waals surface area contributed by atoms with Gasteiger partial charge in [0, 0.05) is 16.7 Å². The minimum atomic E-state index is 0.516. The Kier molecular flexibility index (Phi) is 4.83. The van der Waals surface area contributed by atoms with Gasteiger partial charge in [-0.05, 0) is 37.4 Å². The second-order valence-corrected chi connectivity index (χ2v) is 5.93. The number of allylic oxidation sites excluding steroid dienone is 2. The van der Waals surface area contributed by atoms with Crippen LogP contribution in [0.1, 0.15) is 11.6 Å². The highest BCUT2D eigenvalue weighted by atomic mass is 35.5. The Labute approximate surface area is 149 Å². The van der Waals surface area contributed by atoms with Crippen LogP contribution in [0.3, 0.4) is 0 Å². The maximum atomic E-state index is 6.28. The van der Waals surface area contributed by atoms with E-state index in [0.29, 0.717) is 28.1 Å². The van der Waals surface area contributed by atoms with E-state index in [-0.39, 0.29) is 0 Å². The number of aryl methyl sites for hydroxylation is 1. The van der Waals surface area contributed by atoms with E-state index in [1.807, 2.05) is 25.1 Å². The standard InChI is InChI=1S/C17H15Cl2N5/c1-3-4-7-20-10-16-22-17-9-15(21-11(2)24(17)23-16)13-6-5-12(18)8-14(13)19/h3-9,20H,1,10H2,2H3/b7-4-. The van der Waals surface area contributed by atoms with Gasteiger partial charge in [-0.3, -0.25) is 0 Å². The first-order valence-corrected chi connectivity index (χ1v) is 8.04. The van der Waals surface area contributed by atoms with Crippen LogP contribution >= 0.6 is 23.2 Å². The summed E-state index contributed by atoms with van der Waals surface area (Å²) in [7, 11) is 0. The van der Waals surface area contributed by atoms with Crippen LogP contribution in [0.15, 0.2) is 49.2 Å². The fourth-order valence-electron chi connectivity index (χ4n) is 2.27. The van der Waals surface area contributed by atoms with Gasteiger partial charge in [-0.15, -0.1) is 5.10 Å². The third-order valence-electron chi connectivity index (χ3n) is 3.35. The lowest BCUT2D eigenvalue weighted by molar-refractivity contribution is 0.769. The first-order valence-electron chi connectivity index (χ1n) is 7.28. The molecule has 0 radical (unpaired) electrons. The van der Waals surface area contributed by atoms with Gasteiger partial charge in [-0.1, -0.05) is 35.9 Å². The molecule has 5 nitrogen and oxygen atoms in total. The largest absolute Gasteiger partial charge is 0.384 e. The van der Waals surface area contributed by atoms with Crippen LogP contribution in [0.2, 0.25) is 10.0 Å². The van der Waals surface area contributed by atoms with Gasteiger partial charge in [0.1, 0.15) is 5.82 Å². The summed E-state index contributed by atoms with van der Waals surface area (Å²) in [5.74, 6) is 1.40. The van der Waals surface area contributed by atoms with Crippen molar-refractivity contribution in [2.75, 3.05) is 0 Å². The van der Waals surface area contributed by atoms with E-state index in [9.17, 15) is 0 Å². The van der Waals surface area contributed by atoms with E-state index in [4.69, 9.17) is 23.2 Å². The third kappa shape index (κ3) is 3.42. The van der Waals surface area contributed by atoms with Crippen LogP contribution in [0.5, 0.6) is 0 Å². The summed E-state index contributed by atoms with van der Waals surface area (Å²) in [5, 5.41) is 8.68. The molecule has 122 valence electrons. The molecule has 0 atom stereocenters. The molecule has 1 aromatic carbocycles. The third-order valence-corrected chi connectivity index (χ3v) is 3.90. The van der Waals surface area contributed by atoms with Crippen LogP contribution in [-0.2, 0) is 6.54 Å². The first-order chi connectivity index (χ1) is 11.6. The summed E-state index contributed by atoms with van der Waals surface area (Å²) in [4.78, 5) is 9.10. The lowest BCUT2D eigenvalue weighted by atomic mass is 10.1. The van der Waals surface area contributed by atoms with Crippen LogP contribution in [0, 0.1) is 6.92 Å². The van der Waals surface area contributed by atoms with Crippen LogP contribution in [-0.4, -0.2) is 19.6 Å². The van der Waals surface area contributed by atoms with E-state index in [0.717, 1.165) is 17.1 Å². The molecule has 1 N–H and O–H groups in total. The average Bonchev–Trinajstić information content (AvgIpc) is 2.95. The Morgan fingerprint density at radius 3 is 2.83 bits per heavy atom. The zero-order valence-corrected chi connectivity index (χ0v) is 14.5. The second kappa shape index (κ2) is 7.03. The average molecular weight is 360 g/mol. The maximum Gasteiger partial charge on any atom is 0.170 e. The Balaban J connectivity index is 1.97. The Morgan fingerprint density at radius 2 is 2.08 bits per heavy atom. The molecule has 2 aromatic heterocycles. The predicted molar refractivity (Wildman–Crippen MR) is 97.2 cm³/mol. The molecule has 3 rings (SSSR count). The van der Waals surface area contributed by atoms with E-state index >= 15 is 0 Å². The molecule has 0 aliphatic carbocycles. The van der Waals surface area contributed by atoms with Gasteiger partial charge in [-0.2, -0.15) is 4.52 Å². The molecule has 2 heterocycles. The summed E-state index contributed by atoms with van der Waals surface area (Å²) in [6.07, 6.45) is 5.30. The number of hydrogen-bond donors (Lipinski definition) is 1. The van der Waals surface area contributed by atoms with Gasteiger partial charge in [-0.25, -0.2) is 9.97 Å². The minimum Gasteiger partial charge on any atom is -0.384 e. The number of nitrogens with one attached hydrogen (secondary N) is 1. The monoisotopic (exact) mass is 359 g/mol. The van der Waals surface area contributed by atoms with Crippen molar-refractivity contribution in [1.29, 1.82) is 0 Å². The van der Waals surface area contributed by atoms with Crippen molar-refractivity contribution in [3.05, 3.63) is 70.9 Å². The van der Waals surface area contributed by atoms with Crippen LogP contribution in [0.4, 0.5) is 0 Å². The zero-order valence-electron chi connectivity index (χ0n) is 13.0. The highest BCUT2D eigenvalue weighted by molar-refractivity contribution is 6.36. The number of nitrogens with zero attached hydrogens (tertiary/aromatic N) is 4. The lowest BCUT2D eigenvalue weighted by Gasteiger charge is -2.06. The number of halogens is 2. The molecular formula is C17H15Cl2N5. The number of hydrogen-bond acceptors (Lipinski definition) is 4. The summed E-state index contributed by atoms with van der Waals surface area (Å²) < 4.78 is 1.71. The summed E-state index contributed by atoms with van der Waals surface area (Å²) in [6, 6.07) is 7.19. The van der Waals surface area contributed by atoms with E-state index in [2.05, 4.69) is 27.0 Å². The van der Waals surface area contributed by atoms with Gasteiger partial charge in [0.25, 0.3) is 0 Å². The molecule has 0 saturated carbocycles. The van der Waals surface area contributed by atoms with Crippen molar-refractivity contribution < 1.29 is 0 Å². The number of aromatic nitrogens is 4. The molecule has 0 saturated heterocycles. The van der Waals surface area contributed by atoms with Crippen molar-refractivity contribution in [2.24, 2.45) is 0 Å². The number of benzene rings is 1. The maximum absolute atomic E-state index is 6.28. The molecule has 0 amide bonds. The lowest BCUT2D eigenvalue weighted by Crippen LogP contribution is -2.06. The molecule has 0 fully saturated rings. The first kappa shape index (κ1) is 16.5. The van der Waals surface area contributed by atoms with Crippen molar-refractivity contribution in [3.63, 3.8) is 0 Å². The highest BCUT2D eigenvalue weighted by Crippen LogP contribution is 2.29. The predicted octanol–water partition coefficient (Wildman–Crippen LogP) is 4.20. The zero-order chi connectivity index (χ0) is 17.1. The summed E-state index contributed by atoms with van der Waals surface area (Å²) in [6.45, 7) is 6.01. The van der Waals surface area contributed by atoms with Crippen molar-refractivity contribution >= 4 is 28.8 Å². The molecule has 0 bridgehead atoms. The van der Waals surface area contributed by atoms with Crippen molar-refractivity contribution in [3.8, 4) is 11.3 Å². The van der Waals surface area contributed by atoms with Crippen LogP contribution < -0.4 is 5.32 Å². The van der Waals surface area contributed by atoms with Gasteiger partial charge in [0.05, 0.1) is 17.3 Å². The fourth-order valence-corrected chi connectivity index (χ4v) is 2.78.